The second-order valence-electron chi connectivity index (χ2n) is 8.90. The topological polar surface area (TPSA) is 79.7 Å². The van der Waals surface area contributed by atoms with Crippen molar-refractivity contribution in [1.29, 1.82) is 0 Å². The summed E-state index contributed by atoms with van der Waals surface area (Å²) in [6.45, 7) is 9.88. The van der Waals surface area contributed by atoms with Crippen molar-refractivity contribution in [1.82, 2.24) is 19.4 Å². The number of nitrogens with one attached hydrogen (secondary N) is 1. The van der Waals surface area contributed by atoms with Crippen LogP contribution in [0, 0.1) is 13.8 Å². The van der Waals surface area contributed by atoms with Crippen LogP contribution in [-0.4, -0.2) is 77.1 Å². The highest BCUT2D eigenvalue weighted by Crippen LogP contribution is 2.25. The number of aryl methyl sites for hydroxylation is 2. The zero-order valence-corrected chi connectivity index (χ0v) is 20.7. The number of imidazole rings is 1. The fraction of sp³-hybridized carbons (Fsp3) is 0.370. The van der Waals surface area contributed by atoms with Gasteiger partial charge >= 0.3 is 0 Å². The summed E-state index contributed by atoms with van der Waals surface area (Å²) in [5.74, 6) is 0.0159. The Morgan fingerprint density at radius 1 is 1.06 bits per heavy atom. The fourth-order valence-electron chi connectivity index (χ4n) is 4.06. The molecular formula is C27H33N5O3. The summed E-state index contributed by atoms with van der Waals surface area (Å²) < 4.78 is 7.27. The highest BCUT2D eigenvalue weighted by molar-refractivity contribution is 5.93. The van der Waals surface area contributed by atoms with Crippen LogP contribution < -0.4 is 5.32 Å². The standard InChI is InChI=1S/C27H33N5O3/c1-20-9-10-24(17-21(20)2)32-18-25(23-7-5-4-6-8-23)28-27(32)29-26(34)19-31(22(3)33)12-11-30-13-15-35-16-14-30/h4-10,17-18H,11-16,19H2,1-3H3,(H,28,29,34). The molecule has 1 fully saturated rings. The molecule has 0 spiro atoms. The van der Waals surface area contributed by atoms with Crippen LogP contribution >= 0.6 is 0 Å². The maximum absolute atomic E-state index is 13.0. The lowest BCUT2D eigenvalue weighted by Crippen LogP contribution is -2.44. The molecule has 1 aromatic heterocycles. The predicted molar refractivity (Wildman–Crippen MR) is 137 cm³/mol. The number of carbonyl (C=O) groups is 2. The first-order chi connectivity index (χ1) is 16.9. The Kier molecular flexibility index (Phi) is 7.94. The van der Waals surface area contributed by atoms with E-state index in [0.29, 0.717) is 32.3 Å². The molecule has 2 aromatic carbocycles. The van der Waals surface area contributed by atoms with Gasteiger partial charge in [-0.25, -0.2) is 4.98 Å². The Balaban J connectivity index is 1.53. The molecule has 0 bridgehead atoms. The van der Waals surface area contributed by atoms with Gasteiger partial charge in [0.15, 0.2) is 0 Å². The highest BCUT2D eigenvalue weighted by atomic mass is 16.5. The van der Waals surface area contributed by atoms with Crippen LogP contribution in [-0.2, 0) is 14.3 Å². The monoisotopic (exact) mass is 475 g/mol. The molecule has 1 aliphatic rings. The number of amides is 2. The molecule has 0 unspecified atom stereocenters. The molecular weight excluding hydrogens is 442 g/mol. The van der Waals surface area contributed by atoms with Crippen molar-refractivity contribution in [3.63, 3.8) is 0 Å². The zero-order valence-electron chi connectivity index (χ0n) is 20.7. The summed E-state index contributed by atoms with van der Waals surface area (Å²) in [6, 6.07) is 16.0. The maximum atomic E-state index is 13.0. The average Bonchev–Trinajstić information content (AvgIpc) is 3.28. The molecule has 3 aromatic rings. The van der Waals surface area contributed by atoms with Gasteiger partial charge in [-0.3, -0.25) is 24.4 Å². The van der Waals surface area contributed by atoms with Gasteiger partial charge < -0.3 is 9.64 Å². The highest BCUT2D eigenvalue weighted by Gasteiger charge is 2.19. The van der Waals surface area contributed by atoms with E-state index >= 15 is 0 Å². The van der Waals surface area contributed by atoms with Gasteiger partial charge in [0.25, 0.3) is 0 Å². The van der Waals surface area contributed by atoms with Crippen LogP contribution in [0.15, 0.2) is 54.7 Å². The van der Waals surface area contributed by atoms with Crippen LogP contribution in [0.3, 0.4) is 0 Å². The predicted octanol–water partition coefficient (Wildman–Crippen LogP) is 3.28. The molecule has 8 nitrogen and oxygen atoms in total. The number of ether oxygens (including phenoxy) is 1. The van der Waals surface area contributed by atoms with Crippen molar-refractivity contribution in [2.24, 2.45) is 0 Å². The van der Waals surface area contributed by atoms with E-state index in [2.05, 4.69) is 36.2 Å². The smallest absolute Gasteiger partial charge is 0.246 e. The molecule has 1 N–H and O–H groups in total. The van der Waals surface area contributed by atoms with Crippen molar-refractivity contribution in [2.45, 2.75) is 20.8 Å². The lowest BCUT2D eigenvalue weighted by atomic mass is 10.1. The molecule has 4 rings (SSSR count). The van der Waals surface area contributed by atoms with Gasteiger partial charge in [0, 0.05) is 50.6 Å². The van der Waals surface area contributed by atoms with Gasteiger partial charge in [0.1, 0.15) is 0 Å². The first-order valence-corrected chi connectivity index (χ1v) is 12.0. The Labute approximate surface area is 206 Å². The van der Waals surface area contributed by atoms with E-state index < -0.39 is 0 Å². The van der Waals surface area contributed by atoms with Crippen LogP contribution in [0.2, 0.25) is 0 Å². The summed E-state index contributed by atoms with van der Waals surface area (Å²) in [4.78, 5) is 33.8. The van der Waals surface area contributed by atoms with E-state index in [9.17, 15) is 9.59 Å². The Bertz CT molecular complexity index is 1170. The average molecular weight is 476 g/mol. The molecule has 2 heterocycles. The van der Waals surface area contributed by atoms with E-state index in [1.807, 2.05) is 47.2 Å². The molecule has 1 saturated heterocycles. The number of hydrogen-bond acceptors (Lipinski definition) is 5. The lowest BCUT2D eigenvalue weighted by Gasteiger charge is -2.29. The van der Waals surface area contributed by atoms with E-state index in [4.69, 9.17) is 9.72 Å². The maximum Gasteiger partial charge on any atom is 0.246 e. The molecule has 2 amide bonds. The minimum Gasteiger partial charge on any atom is -0.379 e. The molecule has 0 saturated carbocycles. The van der Waals surface area contributed by atoms with Gasteiger partial charge in [-0.1, -0.05) is 36.4 Å². The lowest BCUT2D eigenvalue weighted by molar-refractivity contribution is -0.133. The fourth-order valence-corrected chi connectivity index (χ4v) is 4.06. The van der Waals surface area contributed by atoms with Crippen molar-refractivity contribution in [3.05, 3.63) is 65.9 Å². The third kappa shape index (κ3) is 6.35. The van der Waals surface area contributed by atoms with Crippen molar-refractivity contribution >= 4 is 17.8 Å². The molecule has 1 aliphatic heterocycles. The van der Waals surface area contributed by atoms with Crippen molar-refractivity contribution in [3.8, 4) is 16.9 Å². The first-order valence-electron chi connectivity index (χ1n) is 12.0. The molecule has 35 heavy (non-hydrogen) atoms. The summed E-state index contributed by atoms with van der Waals surface area (Å²) in [6.07, 6.45) is 1.93. The largest absolute Gasteiger partial charge is 0.379 e. The number of nitrogens with zero attached hydrogens (tertiary/aromatic N) is 4. The van der Waals surface area contributed by atoms with Crippen LogP contribution in [0.1, 0.15) is 18.1 Å². The van der Waals surface area contributed by atoms with Crippen molar-refractivity contribution in [2.75, 3.05) is 51.3 Å². The quantitative estimate of drug-likeness (QED) is 0.541. The third-order valence-electron chi connectivity index (χ3n) is 6.37. The second kappa shape index (κ2) is 11.3. The zero-order chi connectivity index (χ0) is 24.8. The number of rotatable bonds is 8. The summed E-state index contributed by atoms with van der Waals surface area (Å²) in [5.41, 5.74) is 4.98. The SMILES string of the molecule is CC(=O)N(CCN1CCOCC1)CC(=O)Nc1nc(-c2ccccc2)cn1-c1ccc(C)c(C)c1. The Morgan fingerprint density at radius 2 is 1.80 bits per heavy atom. The molecule has 0 aliphatic carbocycles. The van der Waals surface area contributed by atoms with E-state index in [1.165, 1.54) is 12.5 Å². The summed E-state index contributed by atoms with van der Waals surface area (Å²) in [7, 11) is 0. The third-order valence-corrected chi connectivity index (χ3v) is 6.37. The van der Waals surface area contributed by atoms with Crippen molar-refractivity contribution < 1.29 is 14.3 Å². The van der Waals surface area contributed by atoms with Gasteiger partial charge in [-0.05, 0) is 37.1 Å². The minimum absolute atomic E-state index is 0.0276. The molecule has 184 valence electrons. The number of morpholine rings is 1. The number of carbonyl (C=O) groups excluding carboxylic acids is 2. The minimum atomic E-state index is -0.280. The van der Waals surface area contributed by atoms with Crippen LogP contribution in [0.4, 0.5) is 5.95 Å². The normalized spacial score (nSPS) is 14.0. The molecule has 0 atom stereocenters. The number of benzene rings is 2. The summed E-state index contributed by atoms with van der Waals surface area (Å²) >= 11 is 0. The summed E-state index contributed by atoms with van der Waals surface area (Å²) in [5, 5.41) is 2.94. The number of aromatic nitrogens is 2. The van der Waals surface area contributed by atoms with Gasteiger partial charge in [0.2, 0.25) is 17.8 Å². The molecule has 8 heteroatoms. The van der Waals surface area contributed by atoms with E-state index in [-0.39, 0.29) is 18.4 Å². The van der Waals surface area contributed by atoms with Gasteiger partial charge in [-0.2, -0.15) is 0 Å². The van der Waals surface area contributed by atoms with Crippen LogP contribution in [0.5, 0.6) is 0 Å². The number of hydrogen-bond donors (Lipinski definition) is 1. The van der Waals surface area contributed by atoms with Gasteiger partial charge in [0.05, 0.1) is 25.5 Å². The molecule has 0 radical (unpaired) electrons. The van der Waals surface area contributed by atoms with Crippen LogP contribution in [0.25, 0.3) is 16.9 Å². The van der Waals surface area contributed by atoms with E-state index in [1.54, 1.807) is 4.90 Å². The first kappa shape index (κ1) is 24.6. The Hall–Kier alpha value is -3.49. The van der Waals surface area contributed by atoms with E-state index in [0.717, 1.165) is 35.6 Å². The number of anilines is 1. The van der Waals surface area contributed by atoms with Gasteiger partial charge in [-0.15, -0.1) is 0 Å². The second-order valence-corrected chi connectivity index (χ2v) is 8.90. The Morgan fingerprint density at radius 3 is 2.49 bits per heavy atom.